The van der Waals surface area contributed by atoms with Crippen molar-refractivity contribution >= 4 is 10.0 Å². The fraction of sp³-hybridized carbons (Fsp3) is 0.385. The van der Waals surface area contributed by atoms with Crippen molar-refractivity contribution < 1.29 is 8.42 Å². The van der Waals surface area contributed by atoms with E-state index in [4.69, 9.17) is 0 Å². The highest BCUT2D eigenvalue weighted by Crippen LogP contribution is 2.16. The Morgan fingerprint density at radius 2 is 1.85 bits per heavy atom. The van der Waals surface area contributed by atoms with E-state index in [1.807, 2.05) is 13.8 Å². The molecule has 0 spiro atoms. The van der Waals surface area contributed by atoms with E-state index in [1.165, 1.54) is 12.4 Å². The first-order valence-electron chi connectivity index (χ1n) is 6.36. The lowest BCUT2D eigenvalue weighted by Gasteiger charge is -2.13. The molecule has 2 aromatic heterocycles. The number of rotatable bonds is 5. The Labute approximate surface area is 118 Å². The van der Waals surface area contributed by atoms with Crippen LogP contribution in [0, 0.1) is 0 Å². The maximum absolute atomic E-state index is 12.3. The van der Waals surface area contributed by atoms with Gasteiger partial charge in [0.1, 0.15) is 4.90 Å². The van der Waals surface area contributed by atoms with Crippen molar-refractivity contribution in [1.82, 2.24) is 19.5 Å². The zero-order chi connectivity index (χ0) is 14.8. The second kappa shape index (κ2) is 5.72. The van der Waals surface area contributed by atoms with Gasteiger partial charge in [0.15, 0.2) is 0 Å². The molecular formula is C13H18N4O2S. The van der Waals surface area contributed by atoms with Crippen LogP contribution in [0.2, 0.25) is 0 Å². The van der Waals surface area contributed by atoms with Gasteiger partial charge in [-0.05, 0) is 38.5 Å². The van der Waals surface area contributed by atoms with E-state index in [2.05, 4.69) is 14.8 Å². The summed E-state index contributed by atoms with van der Waals surface area (Å²) < 4.78 is 28.8. The average molecular weight is 294 g/mol. The fourth-order valence-corrected chi connectivity index (χ4v) is 2.93. The molecule has 0 aliphatic heterocycles. The Morgan fingerprint density at radius 3 is 2.40 bits per heavy atom. The summed E-state index contributed by atoms with van der Waals surface area (Å²) >= 11 is 0. The van der Waals surface area contributed by atoms with E-state index in [1.54, 1.807) is 36.1 Å². The molecule has 7 heteroatoms. The first-order valence-corrected chi connectivity index (χ1v) is 7.85. The molecule has 0 unspecified atom stereocenters. The zero-order valence-corrected chi connectivity index (χ0v) is 12.5. The van der Waals surface area contributed by atoms with E-state index < -0.39 is 10.0 Å². The van der Waals surface area contributed by atoms with Crippen LogP contribution in [0.25, 0.3) is 0 Å². The summed E-state index contributed by atoms with van der Waals surface area (Å²) in [5, 5.41) is 4.05. The predicted octanol–water partition coefficient (Wildman–Crippen LogP) is 1.90. The SMILES string of the molecule is CC(C)n1cc(S(=O)(=O)N[C@H](C)c2ccncc2)cn1. The van der Waals surface area contributed by atoms with Gasteiger partial charge in [0.25, 0.3) is 0 Å². The van der Waals surface area contributed by atoms with Gasteiger partial charge < -0.3 is 0 Å². The molecule has 0 aliphatic rings. The summed E-state index contributed by atoms with van der Waals surface area (Å²) in [5.41, 5.74) is 0.861. The molecule has 0 amide bonds. The smallest absolute Gasteiger partial charge is 0.244 e. The minimum absolute atomic E-state index is 0.122. The minimum Gasteiger partial charge on any atom is -0.269 e. The molecule has 2 heterocycles. The third kappa shape index (κ3) is 3.23. The van der Waals surface area contributed by atoms with Crippen LogP contribution in [-0.2, 0) is 10.0 Å². The van der Waals surface area contributed by atoms with E-state index in [-0.39, 0.29) is 17.0 Å². The molecular weight excluding hydrogens is 276 g/mol. The second-order valence-corrected chi connectivity index (χ2v) is 6.59. The highest BCUT2D eigenvalue weighted by molar-refractivity contribution is 7.89. The van der Waals surface area contributed by atoms with Gasteiger partial charge in [0, 0.05) is 30.7 Å². The van der Waals surface area contributed by atoms with Gasteiger partial charge >= 0.3 is 0 Å². The Hall–Kier alpha value is -1.73. The molecule has 0 radical (unpaired) electrons. The summed E-state index contributed by atoms with van der Waals surface area (Å²) in [6, 6.07) is 3.36. The Kier molecular flexibility index (Phi) is 4.20. The van der Waals surface area contributed by atoms with Crippen LogP contribution < -0.4 is 4.72 Å². The predicted molar refractivity (Wildman–Crippen MR) is 75.6 cm³/mol. The molecule has 0 aliphatic carbocycles. The lowest BCUT2D eigenvalue weighted by atomic mass is 10.1. The maximum Gasteiger partial charge on any atom is 0.244 e. The summed E-state index contributed by atoms with van der Waals surface area (Å²) in [6.45, 7) is 5.67. The minimum atomic E-state index is -3.57. The lowest BCUT2D eigenvalue weighted by molar-refractivity contribution is 0.530. The molecule has 2 aromatic rings. The quantitative estimate of drug-likeness (QED) is 0.913. The molecule has 0 saturated heterocycles. The van der Waals surface area contributed by atoms with Crippen LogP contribution in [0.5, 0.6) is 0 Å². The van der Waals surface area contributed by atoms with Crippen LogP contribution in [0.15, 0.2) is 41.8 Å². The molecule has 0 bridgehead atoms. The number of hydrogen-bond donors (Lipinski definition) is 1. The van der Waals surface area contributed by atoms with Crippen LogP contribution >= 0.6 is 0 Å². The molecule has 108 valence electrons. The summed E-state index contributed by atoms with van der Waals surface area (Å²) in [6.07, 6.45) is 6.17. The normalized spacial score (nSPS) is 13.6. The summed E-state index contributed by atoms with van der Waals surface area (Å²) in [7, 11) is -3.57. The third-order valence-electron chi connectivity index (χ3n) is 2.96. The number of pyridine rings is 1. The number of sulfonamides is 1. The first kappa shape index (κ1) is 14.7. The number of hydrogen-bond acceptors (Lipinski definition) is 4. The molecule has 1 atom stereocenters. The largest absolute Gasteiger partial charge is 0.269 e. The van der Waals surface area contributed by atoms with Gasteiger partial charge in [-0.15, -0.1) is 0 Å². The monoisotopic (exact) mass is 294 g/mol. The molecule has 0 saturated carbocycles. The van der Waals surface area contributed by atoms with Gasteiger partial charge in [0.2, 0.25) is 10.0 Å². The number of nitrogens with zero attached hydrogens (tertiary/aromatic N) is 3. The summed E-state index contributed by atoms with van der Waals surface area (Å²) in [4.78, 5) is 4.09. The molecule has 0 fully saturated rings. The van der Waals surface area contributed by atoms with Crippen LogP contribution in [0.4, 0.5) is 0 Å². The standard InChI is InChI=1S/C13H18N4O2S/c1-10(2)17-9-13(8-15-17)20(18,19)16-11(3)12-4-6-14-7-5-12/h4-11,16H,1-3H3/t11-/m1/s1. The first-order chi connectivity index (χ1) is 9.40. The molecule has 0 aromatic carbocycles. The highest BCUT2D eigenvalue weighted by Gasteiger charge is 2.20. The molecule has 20 heavy (non-hydrogen) atoms. The Morgan fingerprint density at radius 1 is 1.20 bits per heavy atom. The molecule has 6 nitrogen and oxygen atoms in total. The number of nitrogens with one attached hydrogen (secondary N) is 1. The van der Waals surface area contributed by atoms with E-state index in [0.29, 0.717) is 0 Å². The van der Waals surface area contributed by atoms with Gasteiger partial charge in [-0.3, -0.25) is 9.67 Å². The maximum atomic E-state index is 12.3. The van der Waals surface area contributed by atoms with Gasteiger partial charge in [-0.1, -0.05) is 0 Å². The van der Waals surface area contributed by atoms with Gasteiger partial charge in [-0.25, -0.2) is 13.1 Å². The Bertz CT molecular complexity index is 665. The van der Waals surface area contributed by atoms with E-state index >= 15 is 0 Å². The summed E-state index contributed by atoms with van der Waals surface area (Å²) in [5.74, 6) is 0. The highest BCUT2D eigenvalue weighted by atomic mass is 32.2. The van der Waals surface area contributed by atoms with E-state index in [9.17, 15) is 8.42 Å². The average Bonchev–Trinajstić information content (AvgIpc) is 2.90. The van der Waals surface area contributed by atoms with Gasteiger partial charge in [-0.2, -0.15) is 5.10 Å². The topological polar surface area (TPSA) is 76.9 Å². The van der Waals surface area contributed by atoms with Crippen molar-refractivity contribution in [3.05, 3.63) is 42.5 Å². The van der Waals surface area contributed by atoms with Crippen molar-refractivity contribution in [3.63, 3.8) is 0 Å². The molecule has 1 N–H and O–H groups in total. The van der Waals surface area contributed by atoms with E-state index in [0.717, 1.165) is 5.56 Å². The molecule has 2 rings (SSSR count). The van der Waals surface area contributed by atoms with Gasteiger partial charge in [0.05, 0.1) is 6.20 Å². The van der Waals surface area contributed by atoms with Crippen molar-refractivity contribution in [3.8, 4) is 0 Å². The fourth-order valence-electron chi connectivity index (χ4n) is 1.76. The Balaban J connectivity index is 2.18. The van der Waals surface area contributed by atoms with Crippen molar-refractivity contribution in [1.29, 1.82) is 0 Å². The van der Waals surface area contributed by atoms with Crippen molar-refractivity contribution in [2.24, 2.45) is 0 Å². The zero-order valence-electron chi connectivity index (χ0n) is 11.7. The van der Waals surface area contributed by atoms with Crippen molar-refractivity contribution in [2.75, 3.05) is 0 Å². The van der Waals surface area contributed by atoms with Crippen LogP contribution in [0.1, 0.15) is 38.4 Å². The van der Waals surface area contributed by atoms with Crippen LogP contribution in [0.3, 0.4) is 0 Å². The lowest BCUT2D eigenvalue weighted by Crippen LogP contribution is -2.26. The van der Waals surface area contributed by atoms with Crippen LogP contribution in [-0.4, -0.2) is 23.2 Å². The third-order valence-corrected chi connectivity index (χ3v) is 4.45. The number of aromatic nitrogens is 3. The second-order valence-electron chi connectivity index (χ2n) is 4.87. The van der Waals surface area contributed by atoms with Crippen molar-refractivity contribution in [2.45, 2.75) is 37.8 Å².